The number of nitrogens with zero attached hydrogens (tertiary/aromatic N) is 6. The van der Waals surface area contributed by atoms with E-state index in [2.05, 4.69) is 14.8 Å². The van der Waals surface area contributed by atoms with Crippen molar-refractivity contribution in [1.82, 2.24) is 14.2 Å². The van der Waals surface area contributed by atoms with E-state index in [0.29, 0.717) is 0 Å². The fourth-order valence-corrected chi connectivity index (χ4v) is 7.10. The molecule has 0 unspecified atom stereocenters. The van der Waals surface area contributed by atoms with Crippen LogP contribution in [0.15, 0.2) is 66.9 Å². The number of hydrogen-bond donors (Lipinski definition) is 2. The van der Waals surface area contributed by atoms with Crippen LogP contribution in [0.2, 0.25) is 0 Å². The van der Waals surface area contributed by atoms with Gasteiger partial charge in [-0.2, -0.15) is 22.8 Å². The van der Waals surface area contributed by atoms with Crippen molar-refractivity contribution < 1.29 is 51.4 Å². The van der Waals surface area contributed by atoms with Crippen LogP contribution in [0.1, 0.15) is 49.1 Å². The van der Waals surface area contributed by atoms with Gasteiger partial charge in [0.2, 0.25) is 6.10 Å². The number of nitriles is 1. The van der Waals surface area contributed by atoms with Crippen LogP contribution in [0.25, 0.3) is 15.8 Å². The molecule has 3 N–H and O–H groups in total. The molecule has 1 saturated heterocycles. The fourth-order valence-electron chi connectivity index (χ4n) is 6.18. The van der Waals surface area contributed by atoms with E-state index in [9.17, 15) is 41.9 Å². The van der Waals surface area contributed by atoms with Crippen LogP contribution in [0.4, 0.5) is 30.5 Å². The first-order valence-electron chi connectivity index (χ1n) is 16.0. The minimum Gasteiger partial charge on any atom is -0.449 e. The molecule has 2 aliphatic rings. The molecule has 55 heavy (non-hydrogen) atoms. The third-order valence-corrected chi connectivity index (χ3v) is 9.50. The Hall–Kier alpha value is -6.98. The minimum atomic E-state index is -4.83. The number of rotatable bonds is 8. The Morgan fingerprint density at radius 1 is 1.07 bits per heavy atom. The number of primary amides is 1. The molecule has 20 heteroatoms. The van der Waals surface area contributed by atoms with Gasteiger partial charge in [-0.3, -0.25) is 33.7 Å². The van der Waals surface area contributed by atoms with Crippen molar-refractivity contribution in [1.29, 1.82) is 5.26 Å². The number of morpholine rings is 1. The van der Waals surface area contributed by atoms with E-state index in [1.807, 2.05) is 0 Å². The van der Waals surface area contributed by atoms with Gasteiger partial charge in [-0.1, -0.05) is 12.1 Å². The van der Waals surface area contributed by atoms with E-state index in [0.717, 1.165) is 45.1 Å². The van der Waals surface area contributed by atoms with Crippen molar-refractivity contribution in [2.75, 3.05) is 28.3 Å². The zero-order chi connectivity index (χ0) is 39.3. The third kappa shape index (κ3) is 6.40. The molecule has 16 nitrogen and oxygen atoms in total. The maximum atomic E-state index is 13.8. The third-order valence-electron chi connectivity index (χ3n) is 8.63. The van der Waals surface area contributed by atoms with Gasteiger partial charge in [-0.15, -0.1) is 5.10 Å². The molecule has 1 fully saturated rings. The van der Waals surface area contributed by atoms with Crippen molar-refractivity contribution in [3.05, 3.63) is 94.7 Å². The summed E-state index contributed by atoms with van der Waals surface area (Å²) in [4.78, 5) is 80.8. The molecule has 2 aliphatic heterocycles. The Morgan fingerprint density at radius 3 is 2.42 bits per heavy atom. The monoisotopic (exact) mass is 772 g/mol. The number of alkyl halides is 3. The molecule has 7 rings (SSSR count). The number of anilines is 3. The molecule has 0 bridgehead atoms. The van der Waals surface area contributed by atoms with Crippen LogP contribution >= 0.6 is 11.5 Å². The standard InChI is InChI=1S/C35H23F3N8O8S/c1-16(47)54-26(27-34(52)44(12-13-53-27)24-10-11-45(42-24)18-7-6-17(15-39)22(14-18)35(36,37)38)31(49)41-23-9-8-21-28(25(23)29(40)48)55-43-30(21)46-32(50)19-4-2-3-5-20(19)33(46)51/h2-11,14,26-27H,12-13H2,1H3,(H2,40,48)(H,41,49)/t26-,27-/m1/s1. The number of fused-ring (bicyclic) bond motifs is 2. The molecule has 0 spiro atoms. The first-order chi connectivity index (χ1) is 26.2. The second-order valence-corrected chi connectivity index (χ2v) is 12.8. The minimum absolute atomic E-state index is 0.0428. The number of amides is 5. The highest BCUT2D eigenvalue weighted by Crippen LogP contribution is 2.39. The van der Waals surface area contributed by atoms with Gasteiger partial charge in [-0.05, 0) is 54.0 Å². The van der Waals surface area contributed by atoms with E-state index in [1.165, 1.54) is 48.7 Å². The molecule has 3 aromatic carbocycles. The van der Waals surface area contributed by atoms with Crippen molar-refractivity contribution >= 4 is 74.4 Å². The van der Waals surface area contributed by atoms with Crippen molar-refractivity contribution in [2.24, 2.45) is 5.73 Å². The van der Waals surface area contributed by atoms with E-state index in [1.54, 1.807) is 12.1 Å². The number of imide groups is 1. The SMILES string of the molecule is CC(=O)O[C@@H](C(=O)Nc1ccc2c(N3C(=O)c4ccccc4C3=O)nsc2c1C(N)=O)[C@H]1OCCN(c2ccn(-c3ccc(C#N)c(C(F)(F)F)c3)n2)C1=O. The molecule has 0 saturated carbocycles. The predicted octanol–water partition coefficient (Wildman–Crippen LogP) is 3.57. The van der Waals surface area contributed by atoms with Crippen LogP contribution in [0.3, 0.4) is 0 Å². The topological polar surface area (TPSA) is 220 Å². The number of carbonyl (C=O) groups is 6. The highest BCUT2D eigenvalue weighted by molar-refractivity contribution is 7.14. The Balaban J connectivity index is 1.16. The lowest BCUT2D eigenvalue weighted by Gasteiger charge is -2.34. The number of nitrogens with one attached hydrogen (secondary N) is 1. The summed E-state index contributed by atoms with van der Waals surface area (Å²) in [7, 11) is 0. The Bertz CT molecular complexity index is 2490. The number of carbonyl (C=O) groups excluding carboxylic acids is 6. The number of esters is 1. The smallest absolute Gasteiger partial charge is 0.417 e. The highest BCUT2D eigenvalue weighted by Gasteiger charge is 2.44. The van der Waals surface area contributed by atoms with Gasteiger partial charge < -0.3 is 20.5 Å². The second-order valence-electron chi connectivity index (χ2n) is 12.0. The molecular formula is C35H23F3N8O8S. The van der Waals surface area contributed by atoms with E-state index >= 15 is 0 Å². The maximum Gasteiger partial charge on any atom is 0.417 e. The van der Waals surface area contributed by atoms with Gasteiger partial charge in [0.1, 0.15) is 0 Å². The quantitative estimate of drug-likeness (QED) is 0.172. The molecule has 4 heterocycles. The lowest BCUT2D eigenvalue weighted by atomic mass is 10.1. The maximum absolute atomic E-state index is 13.8. The summed E-state index contributed by atoms with van der Waals surface area (Å²) in [6.07, 6.45) is -7.23. The van der Waals surface area contributed by atoms with Gasteiger partial charge in [0.15, 0.2) is 17.7 Å². The lowest BCUT2D eigenvalue weighted by molar-refractivity contribution is -0.167. The summed E-state index contributed by atoms with van der Waals surface area (Å²) in [5, 5.41) is 16.0. The summed E-state index contributed by atoms with van der Waals surface area (Å²) in [5.41, 5.74) is 3.79. The second kappa shape index (κ2) is 13.8. The average Bonchev–Trinajstić information content (AvgIpc) is 3.86. The van der Waals surface area contributed by atoms with Gasteiger partial charge in [0.05, 0.1) is 63.1 Å². The van der Waals surface area contributed by atoms with Crippen molar-refractivity contribution in [3.8, 4) is 11.8 Å². The van der Waals surface area contributed by atoms with Crippen molar-refractivity contribution in [3.63, 3.8) is 0 Å². The van der Waals surface area contributed by atoms with Crippen LogP contribution in [-0.4, -0.2) is 75.0 Å². The number of hydrogen-bond acceptors (Lipinski definition) is 12. The normalized spacial score (nSPS) is 16.2. The van der Waals surface area contributed by atoms with Gasteiger partial charge in [0.25, 0.3) is 29.5 Å². The number of benzene rings is 3. The van der Waals surface area contributed by atoms with E-state index in [-0.39, 0.29) is 62.9 Å². The first-order valence-corrected chi connectivity index (χ1v) is 16.8. The molecule has 278 valence electrons. The number of halogens is 3. The van der Waals surface area contributed by atoms with E-state index in [4.69, 9.17) is 20.5 Å². The largest absolute Gasteiger partial charge is 0.449 e. The van der Waals surface area contributed by atoms with Crippen LogP contribution in [0, 0.1) is 11.3 Å². The summed E-state index contributed by atoms with van der Waals surface area (Å²) in [6.45, 7) is 0.688. The summed E-state index contributed by atoms with van der Waals surface area (Å²) in [6, 6.07) is 14.6. The molecule has 2 atom stereocenters. The van der Waals surface area contributed by atoms with Gasteiger partial charge in [0, 0.05) is 24.6 Å². The molecular weight excluding hydrogens is 749 g/mol. The van der Waals surface area contributed by atoms with Crippen LogP contribution in [-0.2, 0) is 30.0 Å². The first kappa shape index (κ1) is 36.4. The van der Waals surface area contributed by atoms with Crippen molar-refractivity contribution in [2.45, 2.75) is 25.3 Å². The van der Waals surface area contributed by atoms with Crippen LogP contribution < -0.4 is 20.9 Å². The summed E-state index contributed by atoms with van der Waals surface area (Å²) >= 11 is 0.731. The summed E-state index contributed by atoms with van der Waals surface area (Å²) < 4.78 is 57.0. The zero-order valence-electron chi connectivity index (χ0n) is 28.0. The average molecular weight is 773 g/mol. The fraction of sp³-hybridized carbons (Fsp3) is 0.171. The lowest BCUT2D eigenvalue weighted by Crippen LogP contribution is -2.56. The molecule has 5 amide bonds. The predicted molar refractivity (Wildman–Crippen MR) is 185 cm³/mol. The Morgan fingerprint density at radius 2 is 1.78 bits per heavy atom. The Labute approximate surface area is 310 Å². The van der Waals surface area contributed by atoms with Crippen LogP contribution in [0.5, 0.6) is 0 Å². The van der Waals surface area contributed by atoms with Gasteiger partial charge in [-0.25, -0.2) is 9.58 Å². The van der Waals surface area contributed by atoms with E-state index < -0.39 is 65.0 Å². The number of aromatic nitrogens is 3. The Kier molecular flexibility index (Phi) is 9.11. The molecule has 0 radical (unpaired) electrons. The highest BCUT2D eigenvalue weighted by atomic mass is 32.1. The van der Waals surface area contributed by atoms with Gasteiger partial charge >= 0.3 is 12.1 Å². The zero-order valence-corrected chi connectivity index (χ0v) is 28.8. The molecule has 5 aromatic rings. The summed E-state index contributed by atoms with van der Waals surface area (Å²) in [5.74, 6) is -5.36. The molecule has 2 aromatic heterocycles. The number of nitrogens with two attached hydrogens (primary N) is 1. The molecule has 0 aliphatic carbocycles. The number of ether oxygens (including phenoxy) is 2.